The Labute approximate surface area is 171 Å². The lowest BCUT2D eigenvalue weighted by Crippen LogP contribution is -2.52. The number of carbonyl (C=O) groups excluding carboxylic acids is 3. The first-order valence-corrected chi connectivity index (χ1v) is 9.56. The second-order valence-corrected chi connectivity index (χ2v) is 7.38. The molecule has 0 spiro atoms. The predicted molar refractivity (Wildman–Crippen MR) is 107 cm³/mol. The zero-order valence-corrected chi connectivity index (χ0v) is 15.9. The van der Waals surface area contributed by atoms with E-state index >= 15 is 0 Å². The van der Waals surface area contributed by atoms with Crippen LogP contribution in [0.1, 0.15) is 28.8 Å². The van der Waals surface area contributed by atoms with Gasteiger partial charge >= 0.3 is 0 Å². The Kier molecular flexibility index (Phi) is 4.09. The Morgan fingerprint density at radius 2 is 1.93 bits per heavy atom. The first kappa shape index (κ1) is 18.0. The minimum Gasteiger partial charge on any atom is -0.399 e. The first-order valence-electron chi connectivity index (χ1n) is 9.56. The van der Waals surface area contributed by atoms with E-state index in [1.165, 1.54) is 4.90 Å². The molecule has 150 valence electrons. The van der Waals surface area contributed by atoms with E-state index in [9.17, 15) is 14.4 Å². The summed E-state index contributed by atoms with van der Waals surface area (Å²) in [4.78, 5) is 38.2. The summed E-state index contributed by atoms with van der Waals surface area (Å²) in [7, 11) is 0. The molecule has 1 fully saturated rings. The van der Waals surface area contributed by atoms with Crippen LogP contribution in [0.2, 0.25) is 0 Å². The van der Waals surface area contributed by atoms with E-state index in [4.69, 9.17) is 5.73 Å². The van der Waals surface area contributed by atoms with Crippen LogP contribution in [-0.4, -0.2) is 43.7 Å². The van der Waals surface area contributed by atoms with E-state index < -0.39 is 11.9 Å². The van der Waals surface area contributed by atoms with Gasteiger partial charge in [-0.3, -0.25) is 19.7 Å². The number of nitrogens with two attached hydrogens (primary N) is 1. The zero-order chi connectivity index (χ0) is 20.8. The number of hydrogen-bond donors (Lipinski definition) is 2. The fourth-order valence-electron chi connectivity index (χ4n) is 4.00. The summed E-state index contributed by atoms with van der Waals surface area (Å²) in [5, 5.41) is 10.8. The molecular weight excluding hydrogens is 384 g/mol. The van der Waals surface area contributed by atoms with Gasteiger partial charge in [-0.1, -0.05) is 23.4 Å². The number of anilines is 1. The molecule has 9 nitrogen and oxygen atoms in total. The minimum atomic E-state index is -0.658. The summed E-state index contributed by atoms with van der Waals surface area (Å²) in [6.45, 7) is 0.268. The summed E-state index contributed by atoms with van der Waals surface area (Å²) in [6.07, 6.45) is 2.32. The molecule has 3 amide bonds. The predicted octanol–water partition coefficient (Wildman–Crippen LogP) is 1.28. The molecule has 0 aliphatic carbocycles. The van der Waals surface area contributed by atoms with Crippen molar-refractivity contribution in [3.05, 3.63) is 59.8 Å². The van der Waals surface area contributed by atoms with E-state index in [2.05, 4.69) is 15.6 Å². The number of nitrogens with zero attached hydrogens (tertiary/aromatic N) is 4. The van der Waals surface area contributed by atoms with Gasteiger partial charge in [-0.05, 0) is 30.7 Å². The van der Waals surface area contributed by atoms with Crippen molar-refractivity contribution in [2.24, 2.45) is 0 Å². The first-order chi connectivity index (χ1) is 14.5. The quantitative estimate of drug-likeness (QED) is 0.502. The van der Waals surface area contributed by atoms with Crippen LogP contribution in [0, 0.1) is 0 Å². The summed E-state index contributed by atoms with van der Waals surface area (Å²) in [6, 6.07) is 12.1. The molecule has 5 rings (SSSR count). The molecule has 3 aromatic rings. The number of carbonyl (C=O) groups is 3. The van der Waals surface area contributed by atoms with E-state index in [0.717, 1.165) is 16.8 Å². The molecule has 1 aromatic heterocycles. The number of hydrogen-bond acceptors (Lipinski definition) is 6. The average Bonchev–Trinajstić information content (AvgIpc) is 3.34. The Balaban J connectivity index is 1.48. The van der Waals surface area contributed by atoms with E-state index in [1.807, 2.05) is 24.3 Å². The Bertz CT molecular complexity index is 1200. The number of piperidine rings is 1. The fourth-order valence-corrected chi connectivity index (χ4v) is 4.00. The van der Waals surface area contributed by atoms with Crippen molar-refractivity contribution in [2.75, 3.05) is 5.73 Å². The molecule has 3 heterocycles. The smallest absolute Gasteiger partial charge is 0.255 e. The van der Waals surface area contributed by atoms with Crippen molar-refractivity contribution in [2.45, 2.75) is 25.4 Å². The lowest BCUT2D eigenvalue weighted by atomic mass is 10.0. The highest BCUT2D eigenvalue weighted by atomic mass is 16.2. The van der Waals surface area contributed by atoms with Crippen LogP contribution < -0.4 is 11.1 Å². The van der Waals surface area contributed by atoms with Gasteiger partial charge in [-0.2, -0.15) is 0 Å². The van der Waals surface area contributed by atoms with Gasteiger partial charge in [0.05, 0.1) is 11.9 Å². The molecule has 0 bridgehead atoms. The SMILES string of the molecule is Nc1cccc(-c2cn(-c3cccc4c3CN(C3CCC(=O)NC3=O)C4=O)nn2)c1. The maximum Gasteiger partial charge on any atom is 0.255 e. The van der Waals surface area contributed by atoms with Gasteiger partial charge in [0.2, 0.25) is 11.8 Å². The van der Waals surface area contributed by atoms with Gasteiger partial charge in [0.25, 0.3) is 5.91 Å². The lowest BCUT2D eigenvalue weighted by Gasteiger charge is -2.29. The van der Waals surface area contributed by atoms with Crippen LogP contribution >= 0.6 is 0 Å². The normalized spacial score (nSPS) is 18.5. The molecule has 2 aliphatic heterocycles. The van der Waals surface area contributed by atoms with Gasteiger partial charge < -0.3 is 10.6 Å². The third-order valence-corrected chi connectivity index (χ3v) is 5.48. The van der Waals surface area contributed by atoms with Gasteiger partial charge in [0.15, 0.2) is 0 Å². The number of rotatable bonds is 3. The number of aromatic nitrogens is 3. The van der Waals surface area contributed by atoms with Gasteiger partial charge in [-0.15, -0.1) is 5.10 Å². The van der Waals surface area contributed by atoms with Gasteiger partial charge in [-0.25, -0.2) is 4.68 Å². The van der Waals surface area contributed by atoms with Crippen LogP contribution in [0.5, 0.6) is 0 Å². The van der Waals surface area contributed by atoms with Crippen LogP contribution in [0.3, 0.4) is 0 Å². The molecule has 0 saturated carbocycles. The maximum atomic E-state index is 13.0. The van der Waals surface area contributed by atoms with Crippen molar-refractivity contribution in [3.8, 4) is 16.9 Å². The highest BCUT2D eigenvalue weighted by Gasteiger charge is 2.40. The van der Waals surface area contributed by atoms with E-state index in [-0.39, 0.29) is 24.8 Å². The molecule has 0 radical (unpaired) electrons. The topological polar surface area (TPSA) is 123 Å². The minimum absolute atomic E-state index is 0.218. The second kappa shape index (κ2) is 6.80. The number of fused-ring (bicyclic) bond motifs is 1. The summed E-state index contributed by atoms with van der Waals surface area (Å²) in [5.41, 5.74) is 10.0. The van der Waals surface area contributed by atoms with E-state index in [0.29, 0.717) is 23.4 Å². The van der Waals surface area contributed by atoms with Crippen molar-refractivity contribution in [3.63, 3.8) is 0 Å². The van der Waals surface area contributed by atoms with Gasteiger partial charge in [0, 0.05) is 35.3 Å². The molecule has 1 unspecified atom stereocenters. The maximum absolute atomic E-state index is 13.0. The summed E-state index contributed by atoms with van der Waals surface area (Å²) < 4.78 is 1.62. The number of imide groups is 1. The molecule has 1 saturated heterocycles. The van der Waals surface area contributed by atoms with Crippen LogP contribution in [-0.2, 0) is 16.1 Å². The van der Waals surface area contributed by atoms with Crippen LogP contribution in [0.25, 0.3) is 16.9 Å². The molecule has 1 atom stereocenters. The third kappa shape index (κ3) is 2.91. The molecule has 9 heteroatoms. The number of benzene rings is 2. The largest absolute Gasteiger partial charge is 0.399 e. The highest BCUT2D eigenvalue weighted by molar-refractivity contribution is 6.05. The molecular formula is C21H18N6O3. The Morgan fingerprint density at radius 1 is 1.10 bits per heavy atom. The summed E-state index contributed by atoms with van der Waals surface area (Å²) in [5.74, 6) is -0.964. The molecule has 2 aromatic carbocycles. The highest BCUT2D eigenvalue weighted by Crippen LogP contribution is 2.31. The van der Waals surface area contributed by atoms with Crippen molar-refractivity contribution in [1.82, 2.24) is 25.2 Å². The number of nitrogen functional groups attached to an aromatic ring is 1. The Morgan fingerprint density at radius 3 is 2.73 bits per heavy atom. The van der Waals surface area contributed by atoms with Crippen LogP contribution in [0.15, 0.2) is 48.7 Å². The van der Waals surface area contributed by atoms with Crippen molar-refractivity contribution < 1.29 is 14.4 Å². The second-order valence-electron chi connectivity index (χ2n) is 7.38. The molecule has 2 aliphatic rings. The third-order valence-electron chi connectivity index (χ3n) is 5.48. The molecule has 3 N–H and O–H groups in total. The standard InChI is InChI=1S/C21H18N6O3/c22-13-4-1-3-12(9-13)16-11-27(25-24-16)17-6-2-5-14-15(17)10-26(21(14)30)18-7-8-19(28)23-20(18)29/h1-6,9,11,18H,7-8,10,22H2,(H,23,28,29). The monoisotopic (exact) mass is 402 g/mol. The average molecular weight is 402 g/mol. The van der Waals surface area contributed by atoms with Gasteiger partial charge in [0.1, 0.15) is 11.7 Å². The molecule has 30 heavy (non-hydrogen) atoms. The Hall–Kier alpha value is -4.01. The lowest BCUT2D eigenvalue weighted by molar-refractivity contribution is -0.136. The fraction of sp³-hybridized carbons (Fsp3) is 0.190. The summed E-state index contributed by atoms with van der Waals surface area (Å²) >= 11 is 0. The van der Waals surface area contributed by atoms with Crippen molar-refractivity contribution in [1.29, 1.82) is 0 Å². The van der Waals surface area contributed by atoms with E-state index in [1.54, 1.807) is 29.1 Å². The zero-order valence-electron chi connectivity index (χ0n) is 15.9. The number of nitrogens with one attached hydrogen (secondary N) is 1. The van der Waals surface area contributed by atoms with Crippen LogP contribution in [0.4, 0.5) is 5.69 Å². The van der Waals surface area contributed by atoms with Crippen molar-refractivity contribution >= 4 is 23.4 Å². The number of amides is 3.